The van der Waals surface area contributed by atoms with Gasteiger partial charge in [-0.15, -0.1) is 0 Å². The van der Waals surface area contributed by atoms with Crippen molar-refractivity contribution in [2.45, 2.75) is 6.42 Å². The molecule has 0 radical (unpaired) electrons. The Bertz CT molecular complexity index is 527. The highest BCUT2D eigenvalue weighted by Crippen LogP contribution is 2.29. The van der Waals surface area contributed by atoms with Crippen LogP contribution in [0.4, 0.5) is 10.1 Å². The standard InChI is InChI=1S/C12H11BrFN3O/c13-11-8(7-15)1-2-9(12(11)14)17-5-3-10(18)16-4-6-17/h1-2H,3-6H2,(H,16,18). The minimum atomic E-state index is -0.455. The third-order valence-corrected chi connectivity index (χ3v) is 3.61. The van der Waals surface area contributed by atoms with Crippen LogP contribution in [0, 0.1) is 17.1 Å². The van der Waals surface area contributed by atoms with Crippen molar-refractivity contribution in [1.82, 2.24) is 5.32 Å². The molecule has 0 saturated carbocycles. The summed E-state index contributed by atoms with van der Waals surface area (Å²) >= 11 is 3.08. The van der Waals surface area contributed by atoms with Crippen LogP contribution in [0.1, 0.15) is 12.0 Å². The number of carbonyl (C=O) groups excluding carboxylic acids is 1. The van der Waals surface area contributed by atoms with Crippen LogP contribution in [0.3, 0.4) is 0 Å². The molecule has 1 aromatic carbocycles. The van der Waals surface area contributed by atoms with Gasteiger partial charge in [0.2, 0.25) is 5.91 Å². The van der Waals surface area contributed by atoms with Crippen molar-refractivity contribution >= 4 is 27.5 Å². The van der Waals surface area contributed by atoms with Crippen LogP contribution in [0.2, 0.25) is 0 Å². The van der Waals surface area contributed by atoms with Gasteiger partial charge in [-0.2, -0.15) is 5.26 Å². The largest absolute Gasteiger partial charge is 0.367 e. The van der Waals surface area contributed by atoms with E-state index in [4.69, 9.17) is 5.26 Å². The second kappa shape index (κ2) is 5.36. The van der Waals surface area contributed by atoms with Crippen LogP contribution in [0.5, 0.6) is 0 Å². The van der Waals surface area contributed by atoms with Gasteiger partial charge in [0.15, 0.2) is 5.82 Å². The summed E-state index contributed by atoms with van der Waals surface area (Å²) in [5, 5.41) is 11.5. The molecule has 6 heteroatoms. The molecule has 0 aliphatic carbocycles. The molecule has 1 fully saturated rings. The summed E-state index contributed by atoms with van der Waals surface area (Å²) in [6.07, 6.45) is 0.344. The highest BCUT2D eigenvalue weighted by molar-refractivity contribution is 9.10. The van der Waals surface area contributed by atoms with Crippen LogP contribution < -0.4 is 10.2 Å². The van der Waals surface area contributed by atoms with Gasteiger partial charge in [0, 0.05) is 26.1 Å². The summed E-state index contributed by atoms with van der Waals surface area (Å²) in [6, 6.07) is 5.06. The molecule has 2 rings (SSSR count). The molecule has 0 spiro atoms. The Kier molecular flexibility index (Phi) is 3.82. The van der Waals surface area contributed by atoms with E-state index in [1.807, 2.05) is 6.07 Å². The number of amides is 1. The van der Waals surface area contributed by atoms with Crippen molar-refractivity contribution in [2.24, 2.45) is 0 Å². The fraction of sp³-hybridized carbons (Fsp3) is 0.333. The van der Waals surface area contributed by atoms with E-state index < -0.39 is 5.82 Å². The molecular formula is C12H11BrFN3O. The van der Waals surface area contributed by atoms with Gasteiger partial charge in [-0.1, -0.05) is 0 Å². The highest BCUT2D eigenvalue weighted by Gasteiger charge is 2.19. The van der Waals surface area contributed by atoms with E-state index in [0.717, 1.165) is 0 Å². The van der Waals surface area contributed by atoms with Gasteiger partial charge in [-0.25, -0.2) is 4.39 Å². The number of benzene rings is 1. The molecule has 1 heterocycles. The van der Waals surface area contributed by atoms with Crippen LogP contribution in [-0.2, 0) is 4.79 Å². The molecule has 4 nitrogen and oxygen atoms in total. The number of hydrogen-bond acceptors (Lipinski definition) is 3. The van der Waals surface area contributed by atoms with Gasteiger partial charge < -0.3 is 10.2 Å². The lowest BCUT2D eigenvalue weighted by molar-refractivity contribution is -0.120. The monoisotopic (exact) mass is 311 g/mol. The number of rotatable bonds is 1. The van der Waals surface area contributed by atoms with E-state index in [1.165, 1.54) is 0 Å². The minimum absolute atomic E-state index is 0.0226. The molecule has 1 aliphatic rings. The van der Waals surface area contributed by atoms with Crippen molar-refractivity contribution < 1.29 is 9.18 Å². The number of nitrogens with one attached hydrogen (secondary N) is 1. The zero-order valence-electron chi connectivity index (χ0n) is 9.54. The summed E-state index contributed by atoms with van der Waals surface area (Å²) < 4.78 is 14.3. The topological polar surface area (TPSA) is 56.1 Å². The first-order chi connectivity index (χ1) is 8.63. The molecule has 18 heavy (non-hydrogen) atoms. The average Bonchev–Trinajstić information content (AvgIpc) is 2.58. The molecule has 1 aliphatic heterocycles. The van der Waals surface area contributed by atoms with Gasteiger partial charge in [0.1, 0.15) is 6.07 Å². The third-order valence-electron chi connectivity index (χ3n) is 2.84. The maximum atomic E-state index is 14.1. The molecule has 0 atom stereocenters. The number of nitrogens with zero attached hydrogens (tertiary/aromatic N) is 2. The van der Waals surface area contributed by atoms with Crippen LogP contribution in [0.15, 0.2) is 16.6 Å². The maximum Gasteiger partial charge on any atom is 0.221 e. The van der Waals surface area contributed by atoms with E-state index >= 15 is 0 Å². The normalized spacial score (nSPS) is 15.8. The first-order valence-electron chi connectivity index (χ1n) is 5.53. The zero-order chi connectivity index (χ0) is 13.1. The molecule has 94 valence electrons. The first kappa shape index (κ1) is 12.8. The van der Waals surface area contributed by atoms with Crippen molar-refractivity contribution in [3.05, 3.63) is 28.0 Å². The Morgan fingerprint density at radius 1 is 1.44 bits per heavy atom. The average molecular weight is 312 g/mol. The Balaban J connectivity index is 2.31. The van der Waals surface area contributed by atoms with Gasteiger partial charge >= 0.3 is 0 Å². The van der Waals surface area contributed by atoms with Gasteiger partial charge in [0.25, 0.3) is 0 Å². The van der Waals surface area contributed by atoms with E-state index in [-0.39, 0.29) is 15.9 Å². The maximum absolute atomic E-state index is 14.1. The smallest absolute Gasteiger partial charge is 0.221 e. The predicted molar refractivity (Wildman–Crippen MR) is 68.7 cm³/mol. The number of carbonyl (C=O) groups is 1. The summed E-state index contributed by atoms with van der Waals surface area (Å²) in [4.78, 5) is 13.0. The Morgan fingerprint density at radius 3 is 2.94 bits per heavy atom. The molecular weight excluding hydrogens is 301 g/mol. The number of hydrogen-bond donors (Lipinski definition) is 1. The number of anilines is 1. The van der Waals surface area contributed by atoms with Crippen LogP contribution in [-0.4, -0.2) is 25.5 Å². The summed E-state index contributed by atoms with van der Waals surface area (Å²) in [6.45, 7) is 1.53. The minimum Gasteiger partial charge on any atom is -0.367 e. The van der Waals surface area contributed by atoms with E-state index in [0.29, 0.717) is 31.7 Å². The lowest BCUT2D eigenvalue weighted by atomic mass is 10.2. The van der Waals surface area contributed by atoms with Crippen LogP contribution >= 0.6 is 15.9 Å². The lowest BCUT2D eigenvalue weighted by Gasteiger charge is -2.23. The summed E-state index contributed by atoms with van der Waals surface area (Å²) in [5.74, 6) is -0.478. The van der Waals surface area contributed by atoms with Crippen molar-refractivity contribution in [2.75, 3.05) is 24.5 Å². The van der Waals surface area contributed by atoms with Gasteiger partial charge in [0.05, 0.1) is 15.7 Å². The Hall–Kier alpha value is -1.61. The molecule has 1 saturated heterocycles. The fourth-order valence-corrected chi connectivity index (χ4v) is 2.30. The first-order valence-corrected chi connectivity index (χ1v) is 6.32. The second-order valence-electron chi connectivity index (χ2n) is 3.96. The molecule has 1 amide bonds. The van der Waals surface area contributed by atoms with Gasteiger partial charge in [-0.05, 0) is 28.1 Å². The predicted octanol–water partition coefficient (Wildman–Crippen LogP) is 1.79. The van der Waals surface area contributed by atoms with Crippen molar-refractivity contribution in [3.63, 3.8) is 0 Å². The number of nitriles is 1. The van der Waals surface area contributed by atoms with Crippen molar-refractivity contribution in [3.8, 4) is 6.07 Å². The third kappa shape index (κ3) is 2.46. The second-order valence-corrected chi connectivity index (χ2v) is 4.75. The molecule has 0 unspecified atom stereocenters. The molecule has 1 aromatic rings. The Morgan fingerprint density at radius 2 is 2.22 bits per heavy atom. The van der Waals surface area contributed by atoms with Gasteiger partial charge in [-0.3, -0.25) is 4.79 Å². The summed E-state index contributed by atoms with van der Waals surface area (Å²) in [5.41, 5.74) is 0.678. The molecule has 0 aromatic heterocycles. The van der Waals surface area contributed by atoms with Crippen LogP contribution in [0.25, 0.3) is 0 Å². The van der Waals surface area contributed by atoms with E-state index in [2.05, 4.69) is 21.2 Å². The Labute approximate surface area is 113 Å². The molecule has 1 N–H and O–H groups in total. The highest BCUT2D eigenvalue weighted by atomic mass is 79.9. The van der Waals surface area contributed by atoms with E-state index in [1.54, 1.807) is 17.0 Å². The summed E-state index contributed by atoms with van der Waals surface area (Å²) in [7, 11) is 0. The zero-order valence-corrected chi connectivity index (χ0v) is 11.1. The number of halogens is 2. The quantitative estimate of drug-likeness (QED) is 0.860. The van der Waals surface area contributed by atoms with Crippen molar-refractivity contribution in [1.29, 1.82) is 5.26 Å². The fourth-order valence-electron chi connectivity index (χ4n) is 1.88. The van der Waals surface area contributed by atoms with E-state index in [9.17, 15) is 9.18 Å². The molecule has 0 bridgehead atoms. The lowest BCUT2D eigenvalue weighted by Crippen LogP contribution is -2.29. The SMILES string of the molecule is N#Cc1ccc(N2CCNC(=O)CC2)c(F)c1Br.